The Morgan fingerprint density at radius 2 is 1.91 bits per heavy atom. The number of anilines is 1. The summed E-state index contributed by atoms with van der Waals surface area (Å²) in [6.07, 6.45) is 11.4. The minimum atomic E-state index is 0.501. The molecule has 0 bridgehead atoms. The van der Waals surface area contributed by atoms with Crippen LogP contribution in [0.5, 0.6) is 0 Å². The number of piperidine rings is 1. The second-order valence-electron chi connectivity index (χ2n) is 6.69. The summed E-state index contributed by atoms with van der Waals surface area (Å²) < 4.78 is 0. The fourth-order valence-corrected chi connectivity index (χ4v) is 3.89. The highest BCUT2D eigenvalue weighted by Crippen LogP contribution is 2.27. The van der Waals surface area contributed by atoms with E-state index in [4.69, 9.17) is 0 Å². The van der Waals surface area contributed by atoms with E-state index in [1.54, 1.807) is 12.7 Å². The highest BCUT2D eigenvalue weighted by molar-refractivity contribution is 5.82. The Morgan fingerprint density at radius 3 is 2.73 bits per heavy atom. The molecule has 6 heteroatoms. The summed E-state index contributed by atoms with van der Waals surface area (Å²) >= 11 is 0. The number of H-pyrrole nitrogens is 1. The number of imidazole rings is 1. The number of likely N-dealkylation sites (tertiary alicyclic amines) is 1. The SMILES string of the molecule is c1nc(NC2CCN(CC3CCCC3)CC2)c2[nH]cnc2n1. The van der Waals surface area contributed by atoms with Gasteiger partial charge in [-0.15, -0.1) is 0 Å². The van der Waals surface area contributed by atoms with Crippen LogP contribution in [0.15, 0.2) is 12.7 Å². The number of rotatable bonds is 4. The standard InChI is InChI=1S/C16H24N6/c1-2-4-12(3-1)9-22-7-5-13(6-8-22)21-16-14-15(18-10-17-14)19-11-20-16/h10-13H,1-9H2,(H2,17,18,19,20,21). The highest BCUT2D eigenvalue weighted by atomic mass is 15.2. The van der Waals surface area contributed by atoms with Gasteiger partial charge in [-0.3, -0.25) is 0 Å². The lowest BCUT2D eigenvalue weighted by Gasteiger charge is -2.34. The predicted molar refractivity (Wildman–Crippen MR) is 86.7 cm³/mol. The summed E-state index contributed by atoms with van der Waals surface area (Å²) in [4.78, 5) is 18.5. The van der Waals surface area contributed by atoms with Crippen molar-refractivity contribution in [2.45, 2.75) is 44.6 Å². The van der Waals surface area contributed by atoms with E-state index in [2.05, 4.69) is 30.2 Å². The first-order valence-electron chi connectivity index (χ1n) is 8.51. The molecular formula is C16H24N6. The van der Waals surface area contributed by atoms with E-state index < -0.39 is 0 Å². The molecule has 0 aromatic carbocycles. The quantitative estimate of drug-likeness (QED) is 0.907. The topological polar surface area (TPSA) is 69.7 Å². The van der Waals surface area contributed by atoms with Crippen LogP contribution < -0.4 is 5.32 Å². The van der Waals surface area contributed by atoms with Crippen LogP contribution >= 0.6 is 0 Å². The Balaban J connectivity index is 1.33. The lowest BCUT2D eigenvalue weighted by Crippen LogP contribution is -2.41. The van der Waals surface area contributed by atoms with Gasteiger partial charge in [0.25, 0.3) is 0 Å². The molecule has 2 aromatic heterocycles. The van der Waals surface area contributed by atoms with Crippen LogP contribution in [0.1, 0.15) is 38.5 Å². The van der Waals surface area contributed by atoms with Gasteiger partial charge in [-0.05, 0) is 31.6 Å². The van der Waals surface area contributed by atoms with Gasteiger partial charge < -0.3 is 15.2 Å². The smallest absolute Gasteiger partial charge is 0.182 e. The van der Waals surface area contributed by atoms with Crippen LogP contribution in [0.4, 0.5) is 5.82 Å². The van der Waals surface area contributed by atoms with Crippen molar-refractivity contribution in [3.05, 3.63) is 12.7 Å². The minimum Gasteiger partial charge on any atom is -0.365 e. The van der Waals surface area contributed by atoms with E-state index >= 15 is 0 Å². The zero-order chi connectivity index (χ0) is 14.8. The van der Waals surface area contributed by atoms with Crippen molar-refractivity contribution in [3.63, 3.8) is 0 Å². The van der Waals surface area contributed by atoms with Crippen LogP contribution in [-0.4, -0.2) is 50.5 Å². The molecule has 1 aliphatic carbocycles. The maximum absolute atomic E-state index is 4.37. The van der Waals surface area contributed by atoms with Crippen LogP contribution in [0.2, 0.25) is 0 Å². The molecular weight excluding hydrogens is 276 g/mol. The van der Waals surface area contributed by atoms with E-state index in [-0.39, 0.29) is 0 Å². The normalized spacial score (nSPS) is 21.6. The van der Waals surface area contributed by atoms with Gasteiger partial charge in [0, 0.05) is 25.7 Å². The Morgan fingerprint density at radius 1 is 1.09 bits per heavy atom. The molecule has 2 aliphatic rings. The second-order valence-corrected chi connectivity index (χ2v) is 6.69. The summed E-state index contributed by atoms with van der Waals surface area (Å²) in [6.45, 7) is 3.71. The number of hydrogen-bond acceptors (Lipinski definition) is 5. The maximum atomic E-state index is 4.37. The predicted octanol–water partition coefficient (Wildman–Crippen LogP) is 2.42. The van der Waals surface area contributed by atoms with E-state index in [1.807, 2.05) is 0 Å². The van der Waals surface area contributed by atoms with Crippen molar-refractivity contribution >= 4 is 17.0 Å². The minimum absolute atomic E-state index is 0.501. The van der Waals surface area contributed by atoms with Crippen molar-refractivity contribution in [3.8, 4) is 0 Å². The van der Waals surface area contributed by atoms with Gasteiger partial charge in [0.1, 0.15) is 11.8 Å². The van der Waals surface area contributed by atoms with Crippen LogP contribution in [0.3, 0.4) is 0 Å². The molecule has 0 amide bonds. The molecule has 2 aromatic rings. The molecule has 2 N–H and O–H groups in total. The van der Waals surface area contributed by atoms with Crippen molar-refractivity contribution in [2.75, 3.05) is 25.0 Å². The zero-order valence-corrected chi connectivity index (χ0v) is 13.0. The molecule has 22 heavy (non-hydrogen) atoms. The van der Waals surface area contributed by atoms with Crippen LogP contribution in [0, 0.1) is 5.92 Å². The summed E-state index contributed by atoms with van der Waals surface area (Å²) in [5.41, 5.74) is 1.65. The maximum Gasteiger partial charge on any atom is 0.182 e. The van der Waals surface area contributed by atoms with Crippen LogP contribution in [-0.2, 0) is 0 Å². The molecule has 0 radical (unpaired) electrons. The second kappa shape index (κ2) is 6.20. The molecule has 3 heterocycles. The van der Waals surface area contributed by atoms with Gasteiger partial charge in [-0.25, -0.2) is 15.0 Å². The number of fused-ring (bicyclic) bond motifs is 1. The van der Waals surface area contributed by atoms with Crippen molar-refractivity contribution in [1.29, 1.82) is 0 Å². The molecule has 0 atom stereocenters. The highest BCUT2D eigenvalue weighted by Gasteiger charge is 2.24. The summed E-state index contributed by atoms with van der Waals surface area (Å²) in [7, 11) is 0. The molecule has 1 saturated heterocycles. The van der Waals surface area contributed by atoms with Gasteiger partial charge in [0.05, 0.1) is 6.33 Å². The van der Waals surface area contributed by atoms with E-state index in [9.17, 15) is 0 Å². The Labute approximate surface area is 130 Å². The lowest BCUT2D eigenvalue weighted by molar-refractivity contribution is 0.189. The lowest BCUT2D eigenvalue weighted by atomic mass is 10.0. The average molecular weight is 300 g/mol. The number of aromatic amines is 1. The fraction of sp³-hybridized carbons (Fsp3) is 0.688. The van der Waals surface area contributed by atoms with Gasteiger partial charge in [-0.2, -0.15) is 0 Å². The Hall–Kier alpha value is -1.69. The summed E-state index contributed by atoms with van der Waals surface area (Å²) in [5.74, 6) is 1.84. The van der Waals surface area contributed by atoms with Crippen molar-refractivity contribution in [2.24, 2.45) is 5.92 Å². The molecule has 0 unspecified atom stereocenters. The van der Waals surface area contributed by atoms with E-state index in [1.165, 1.54) is 58.2 Å². The zero-order valence-electron chi connectivity index (χ0n) is 13.0. The first-order chi connectivity index (χ1) is 10.9. The fourth-order valence-electron chi connectivity index (χ4n) is 3.89. The average Bonchev–Trinajstić information content (AvgIpc) is 3.21. The monoisotopic (exact) mass is 300 g/mol. The molecule has 1 saturated carbocycles. The third-order valence-corrected chi connectivity index (χ3v) is 5.14. The van der Waals surface area contributed by atoms with Crippen molar-refractivity contribution < 1.29 is 0 Å². The largest absolute Gasteiger partial charge is 0.365 e. The van der Waals surface area contributed by atoms with E-state index in [0.717, 1.165) is 22.9 Å². The third kappa shape index (κ3) is 2.92. The number of aromatic nitrogens is 4. The number of nitrogens with one attached hydrogen (secondary N) is 2. The molecule has 0 spiro atoms. The summed E-state index contributed by atoms with van der Waals surface area (Å²) in [6, 6.07) is 0.501. The van der Waals surface area contributed by atoms with Crippen molar-refractivity contribution in [1.82, 2.24) is 24.8 Å². The Kier molecular flexibility index (Phi) is 3.93. The van der Waals surface area contributed by atoms with Crippen LogP contribution in [0.25, 0.3) is 11.2 Å². The summed E-state index contributed by atoms with van der Waals surface area (Å²) in [5, 5.41) is 3.58. The number of nitrogens with zero attached hydrogens (tertiary/aromatic N) is 4. The first-order valence-corrected chi connectivity index (χ1v) is 8.51. The van der Waals surface area contributed by atoms with E-state index in [0.29, 0.717) is 6.04 Å². The molecule has 4 rings (SSSR count). The molecule has 1 aliphatic heterocycles. The first kappa shape index (κ1) is 13.9. The van der Waals surface area contributed by atoms with Gasteiger partial charge in [-0.1, -0.05) is 12.8 Å². The Bertz CT molecular complexity index is 610. The number of hydrogen-bond donors (Lipinski definition) is 2. The molecule has 2 fully saturated rings. The molecule has 118 valence electrons. The molecule has 6 nitrogen and oxygen atoms in total. The van der Waals surface area contributed by atoms with Gasteiger partial charge in [0.15, 0.2) is 11.5 Å². The van der Waals surface area contributed by atoms with Gasteiger partial charge in [0.2, 0.25) is 0 Å². The van der Waals surface area contributed by atoms with Gasteiger partial charge >= 0.3 is 0 Å². The third-order valence-electron chi connectivity index (χ3n) is 5.14.